The molecule has 0 aliphatic carbocycles. The number of hydrogen-bond donors (Lipinski definition) is 0. The van der Waals surface area contributed by atoms with Crippen molar-refractivity contribution in [1.82, 2.24) is 0 Å². The summed E-state index contributed by atoms with van der Waals surface area (Å²) in [6.45, 7) is 0. The summed E-state index contributed by atoms with van der Waals surface area (Å²) in [7, 11) is -5.42. The van der Waals surface area contributed by atoms with Crippen molar-refractivity contribution in [1.29, 1.82) is 0 Å². The molecule has 0 atom stereocenters. The average molecular weight is 248 g/mol. The number of rotatable bonds is 1. The van der Waals surface area contributed by atoms with Gasteiger partial charge in [-0.05, 0) is 0 Å². The van der Waals surface area contributed by atoms with Crippen LogP contribution in [0, 0.1) is 0 Å². The molecule has 0 bridgehead atoms. The number of hydrogen-bond acceptors (Lipinski definition) is 2. The van der Waals surface area contributed by atoms with E-state index in [0.29, 0.717) is 0 Å². The molecule has 0 radical (unpaired) electrons. The molecule has 0 saturated carbocycles. The molecule has 0 fully saturated rings. The molecule has 2 nitrogen and oxygen atoms in total. The SMILES string of the molecule is O=S(=O)(F)I(F)F. The van der Waals surface area contributed by atoms with Gasteiger partial charge in [0.05, 0.1) is 0 Å². The van der Waals surface area contributed by atoms with E-state index < -0.39 is 27.0 Å². The summed E-state index contributed by atoms with van der Waals surface area (Å²) in [5.41, 5.74) is 0. The molecule has 7 heavy (non-hydrogen) atoms. The topological polar surface area (TPSA) is 34.1 Å². The molecule has 46 valence electrons. The van der Waals surface area contributed by atoms with Gasteiger partial charge in [0, 0.05) is 0 Å². The van der Waals surface area contributed by atoms with Gasteiger partial charge in [-0.1, -0.05) is 0 Å². The predicted octanol–water partition coefficient (Wildman–Crippen LogP) is 1.48. The van der Waals surface area contributed by atoms with E-state index in [2.05, 4.69) is 0 Å². The van der Waals surface area contributed by atoms with Crippen molar-refractivity contribution in [3.05, 3.63) is 0 Å². The molecule has 0 aromatic rings. The summed E-state index contributed by atoms with van der Waals surface area (Å²) in [5.74, 6) is 0. The van der Waals surface area contributed by atoms with Gasteiger partial charge in [-0.2, -0.15) is 0 Å². The molecule has 0 rings (SSSR count). The zero-order valence-corrected chi connectivity index (χ0v) is 5.71. The maximum absolute atomic E-state index is 10.8. The number of halogens is 4. The molecule has 0 heterocycles. The molecule has 0 spiro atoms. The van der Waals surface area contributed by atoms with Crippen LogP contribution < -0.4 is 0 Å². The quantitative estimate of drug-likeness (QED) is 0.520. The van der Waals surface area contributed by atoms with E-state index in [9.17, 15) is 9.61 Å². The van der Waals surface area contributed by atoms with Crippen LogP contribution >= 0.6 is 19.6 Å². The first-order valence-electron chi connectivity index (χ1n) is 0.928. The van der Waals surface area contributed by atoms with Gasteiger partial charge in [0.2, 0.25) is 0 Å². The summed E-state index contributed by atoms with van der Waals surface area (Å²) in [5, 5.41) is 0. The summed E-state index contributed by atoms with van der Waals surface area (Å²) < 4.78 is 50.2. The third-order valence-corrected chi connectivity index (χ3v) is 2.80. The van der Waals surface area contributed by atoms with Crippen LogP contribution in [0.15, 0.2) is 0 Å². The van der Waals surface area contributed by atoms with Gasteiger partial charge in [0.25, 0.3) is 0 Å². The second kappa shape index (κ2) is 2.16. The van der Waals surface area contributed by atoms with E-state index in [1.54, 1.807) is 0 Å². The molecule has 0 N–H and O–H groups in total. The van der Waals surface area contributed by atoms with Crippen LogP contribution in [0.3, 0.4) is 0 Å². The molecule has 7 heteroatoms. The van der Waals surface area contributed by atoms with E-state index in [0.717, 1.165) is 0 Å². The Hall–Kier alpha value is 0.470. The van der Waals surface area contributed by atoms with Crippen LogP contribution in [-0.2, 0) is 7.39 Å². The van der Waals surface area contributed by atoms with E-state index in [1.807, 2.05) is 0 Å². The Kier molecular flexibility index (Phi) is 2.30. The van der Waals surface area contributed by atoms with Crippen LogP contribution in [0.2, 0.25) is 0 Å². The van der Waals surface area contributed by atoms with Gasteiger partial charge < -0.3 is 0 Å². The normalized spacial score (nSPS) is 13.9. The minimum absolute atomic E-state index is 5.20. The van der Waals surface area contributed by atoms with Crippen molar-refractivity contribution in [2.24, 2.45) is 0 Å². The van der Waals surface area contributed by atoms with Crippen molar-refractivity contribution in [3.63, 3.8) is 0 Å². The monoisotopic (exact) mass is 248 g/mol. The predicted molar refractivity (Wildman–Crippen MR) is 26.3 cm³/mol. The molecule has 0 aromatic carbocycles. The van der Waals surface area contributed by atoms with Gasteiger partial charge >= 0.3 is 45.0 Å². The van der Waals surface area contributed by atoms with E-state index in [-0.39, 0.29) is 0 Å². The van der Waals surface area contributed by atoms with Gasteiger partial charge in [-0.25, -0.2) is 0 Å². The fraction of sp³-hybridized carbons (Fsp3) is 0. The van der Waals surface area contributed by atoms with Crippen molar-refractivity contribution >= 4 is 27.0 Å². The standard InChI is InChI=1S/F3IO2S/c1-4(2)7(3,5)6. The Morgan fingerprint density at radius 2 is 1.43 bits per heavy atom. The van der Waals surface area contributed by atoms with Gasteiger partial charge in [-0.15, -0.1) is 0 Å². The Labute approximate surface area is 45.3 Å². The first-order chi connectivity index (χ1) is 2.94. The van der Waals surface area contributed by atoms with Gasteiger partial charge in [-0.3, -0.25) is 0 Å². The molecule has 0 saturated heterocycles. The Morgan fingerprint density at radius 3 is 1.43 bits per heavy atom. The van der Waals surface area contributed by atoms with E-state index >= 15 is 0 Å². The first-order valence-corrected chi connectivity index (χ1v) is 6.48. The van der Waals surface area contributed by atoms with Crippen molar-refractivity contribution < 1.29 is 18.0 Å². The van der Waals surface area contributed by atoms with Crippen LogP contribution in [0.5, 0.6) is 0 Å². The summed E-state index contributed by atoms with van der Waals surface area (Å²) in [4.78, 5) is 0. The van der Waals surface area contributed by atoms with Crippen LogP contribution in [0.1, 0.15) is 0 Å². The molecule has 0 amide bonds. The minimum atomic E-state index is -5.42. The molecular formula is F3IO2S. The first kappa shape index (κ1) is 7.47. The second-order valence-corrected chi connectivity index (χ2v) is 7.00. The zero-order valence-electron chi connectivity index (χ0n) is 2.74. The molecule has 0 aliphatic rings. The average Bonchev–Trinajstić information content (AvgIpc) is 1.31. The fourth-order valence-electron chi connectivity index (χ4n) is 0. The third-order valence-electron chi connectivity index (χ3n) is 0.139. The van der Waals surface area contributed by atoms with Gasteiger partial charge in [0.15, 0.2) is 0 Å². The maximum atomic E-state index is 10.8. The van der Waals surface area contributed by atoms with Gasteiger partial charge in [0.1, 0.15) is 0 Å². The van der Waals surface area contributed by atoms with Crippen molar-refractivity contribution in [3.8, 4) is 0 Å². The summed E-state index contributed by atoms with van der Waals surface area (Å²) in [6.07, 6.45) is 0. The van der Waals surface area contributed by atoms with Crippen LogP contribution in [-0.4, -0.2) is 8.42 Å². The van der Waals surface area contributed by atoms with Crippen LogP contribution in [0.25, 0.3) is 0 Å². The zero-order chi connectivity index (χ0) is 6.08. The third kappa shape index (κ3) is 3.09. The summed E-state index contributed by atoms with van der Waals surface area (Å²) >= 11 is -5.20. The Balaban J connectivity index is 4.10. The summed E-state index contributed by atoms with van der Waals surface area (Å²) in [6, 6.07) is 0. The Bertz CT molecular complexity index is 135. The molecular weight excluding hydrogens is 248 g/mol. The van der Waals surface area contributed by atoms with E-state index in [1.165, 1.54) is 0 Å². The van der Waals surface area contributed by atoms with Crippen LogP contribution in [0.4, 0.5) is 9.61 Å². The van der Waals surface area contributed by atoms with E-state index in [4.69, 9.17) is 8.42 Å². The molecule has 0 aliphatic heterocycles. The second-order valence-electron chi connectivity index (χ2n) is 0.549. The van der Waals surface area contributed by atoms with Crippen molar-refractivity contribution in [2.75, 3.05) is 0 Å². The molecule has 0 unspecified atom stereocenters. The fourth-order valence-corrected chi connectivity index (χ4v) is 0. The Morgan fingerprint density at radius 1 is 1.29 bits per heavy atom. The van der Waals surface area contributed by atoms with Crippen molar-refractivity contribution in [2.45, 2.75) is 0 Å². The molecule has 0 aromatic heterocycles.